The SMILES string of the molecule is CCNCCN(C)c1nc2ccc(F)cc2[nH]1. The molecule has 2 rings (SSSR count). The van der Waals surface area contributed by atoms with E-state index >= 15 is 0 Å². The molecule has 0 unspecified atom stereocenters. The minimum Gasteiger partial charge on any atom is -0.344 e. The molecule has 0 aliphatic heterocycles. The second-order valence-corrected chi connectivity index (χ2v) is 4.00. The number of rotatable bonds is 5. The molecule has 0 aliphatic carbocycles. The Morgan fingerprint density at radius 3 is 3.06 bits per heavy atom. The minimum atomic E-state index is -0.247. The lowest BCUT2D eigenvalue weighted by atomic mass is 10.3. The number of aromatic nitrogens is 2. The highest BCUT2D eigenvalue weighted by Gasteiger charge is 2.07. The molecule has 1 heterocycles. The lowest BCUT2D eigenvalue weighted by Crippen LogP contribution is -2.29. The Labute approximate surface area is 99.8 Å². The van der Waals surface area contributed by atoms with E-state index in [9.17, 15) is 4.39 Å². The number of fused-ring (bicyclic) bond motifs is 1. The number of likely N-dealkylation sites (N-methyl/N-ethyl adjacent to an activating group) is 2. The molecule has 17 heavy (non-hydrogen) atoms. The van der Waals surface area contributed by atoms with Gasteiger partial charge in [-0.1, -0.05) is 6.92 Å². The first-order valence-corrected chi connectivity index (χ1v) is 5.78. The molecule has 0 fully saturated rings. The van der Waals surface area contributed by atoms with Gasteiger partial charge in [-0.15, -0.1) is 0 Å². The summed E-state index contributed by atoms with van der Waals surface area (Å²) < 4.78 is 13.0. The van der Waals surface area contributed by atoms with Crippen LogP contribution in [-0.2, 0) is 0 Å². The van der Waals surface area contributed by atoms with Crippen molar-refractivity contribution in [2.45, 2.75) is 6.92 Å². The summed E-state index contributed by atoms with van der Waals surface area (Å²) in [6, 6.07) is 4.57. The van der Waals surface area contributed by atoms with Crippen molar-refractivity contribution in [1.29, 1.82) is 0 Å². The fourth-order valence-corrected chi connectivity index (χ4v) is 1.68. The first-order valence-electron chi connectivity index (χ1n) is 5.78. The number of imidazole rings is 1. The van der Waals surface area contributed by atoms with Gasteiger partial charge >= 0.3 is 0 Å². The van der Waals surface area contributed by atoms with Gasteiger partial charge in [0.2, 0.25) is 5.95 Å². The van der Waals surface area contributed by atoms with Gasteiger partial charge in [0.1, 0.15) is 5.82 Å². The zero-order valence-corrected chi connectivity index (χ0v) is 10.1. The van der Waals surface area contributed by atoms with Crippen LogP contribution in [0.25, 0.3) is 11.0 Å². The molecule has 2 aromatic rings. The molecule has 92 valence electrons. The van der Waals surface area contributed by atoms with Gasteiger partial charge in [-0.05, 0) is 24.7 Å². The first-order chi connectivity index (χ1) is 8.20. The van der Waals surface area contributed by atoms with E-state index in [2.05, 4.69) is 22.2 Å². The van der Waals surface area contributed by atoms with Gasteiger partial charge in [0.25, 0.3) is 0 Å². The molecule has 0 atom stereocenters. The Bertz CT molecular complexity index is 494. The minimum absolute atomic E-state index is 0.247. The monoisotopic (exact) mass is 236 g/mol. The summed E-state index contributed by atoms with van der Waals surface area (Å²) in [4.78, 5) is 9.53. The van der Waals surface area contributed by atoms with Crippen molar-refractivity contribution in [2.75, 3.05) is 31.6 Å². The molecule has 0 radical (unpaired) electrons. The summed E-state index contributed by atoms with van der Waals surface area (Å²) in [5.41, 5.74) is 1.52. The molecular weight excluding hydrogens is 219 g/mol. The maximum Gasteiger partial charge on any atom is 0.203 e. The number of halogens is 1. The van der Waals surface area contributed by atoms with Gasteiger partial charge in [0.15, 0.2) is 0 Å². The molecule has 1 aromatic carbocycles. The van der Waals surface area contributed by atoms with Crippen molar-refractivity contribution < 1.29 is 4.39 Å². The third-order valence-electron chi connectivity index (χ3n) is 2.67. The van der Waals surface area contributed by atoms with Crippen LogP contribution in [0.4, 0.5) is 10.3 Å². The van der Waals surface area contributed by atoms with Crippen molar-refractivity contribution in [2.24, 2.45) is 0 Å². The highest BCUT2D eigenvalue weighted by atomic mass is 19.1. The van der Waals surface area contributed by atoms with E-state index in [1.807, 2.05) is 11.9 Å². The Hall–Kier alpha value is -1.62. The average molecular weight is 236 g/mol. The maximum atomic E-state index is 13.0. The summed E-state index contributed by atoms with van der Waals surface area (Å²) in [5.74, 6) is 0.520. The topological polar surface area (TPSA) is 44.0 Å². The molecule has 2 N–H and O–H groups in total. The number of H-pyrrole nitrogens is 1. The highest BCUT2D eigenvalue weighted by Crippen LogP contribution is 2.17. The zero-order valence-electron chi connectivity index (χ0n) is 10.1. The largest absolute Gasteiger partial charge is 0.344 e. The van der Waals surface area contributed by atoms with Crippen LogP contribution in [0.2, 0.25) is 0 Å². The molecule has 0 spiro atoms. The van der Waals surface area contributed by atoms with Crippen molar-refractivity contribution >= 4 is 17.0 Å². The highest BCUT2D eigenvalue weighted by molar-refractivity contribution is 5.77. The predicted octanol–water partition coefficient (Wildman–Crippen LogP) is 1.75. The van der Waals surface area contributed by atoms with E-state index in [4.69, 9.17) is 0 Å². The summed E-state index contributed by atoms with van der Waals surface area (Å²) in [5, 5.41) is 3.25. The number of benzene rings is 1. The standard InChI is InChI=1S/C12H17FN4/c1-3-14-6-7-17(2)12-15-10-5-4-9(13)8-11(10)16-12/h4-5,8,14H,3,6-7H2,1-2H3,(H,15,16). The van der Waals surface area contributed by atoms with Crippen molar-refractivity contribution in [3.63, 3.8) is 0 Å². The molecular formula is C12H17FN4. The fourth-order valence-electron chi connectivity index (χ4n) is 1.68. The Morgan fingerprint density at radius 2 is 2.29 bits per heavy atom. The van der Waals surface area contributed by atoms with E-state index in [-0.39, 0.29) is 5.82 Å². The molecule has 1 aromatic heterocycles. The average Bonchev–Trinajstić information content (AvgIpc) is 2.72. The van der Waals surface area contributed by atoms with Gasteiger partial charge in [-0.2, -0.15) is 0 Å². The lowest BCUT2D eigenvalue weighted by molar-refractivity contribution is 0.629. The molecule has 0 amide bonds. The van der Waals surface area contributed by atoms with Gasteiger partial charge < -0.3 is 15.2 Å². The van der Waals surface area contributed by atoms with Gasteiger partial charge in [-0.25, -0.2) is 9.37 Å². The number of hydrogen-bond donors (Lipinski definition) is 2. The lowest BCUT2D eigenvalue weighted by Gasteiger charge is -2.15. The quantitative estimate of drug-likeness (QED) is 0.777. The van der Waals surface area contributed by atoms with Gasteiger partial charge in [-0.3, -0.25) is 0 Å². The summed E-state index contributed by atoms with van der Waals surface area (Å²) >= 11 is 0. The molecule has 0 saturated heterocycles. The van der Waals surface area contributed by atoms with Crippen LogP contribution in [-0.4, -0.2) is 36.6 Å². The van der Waals surface area contributed by atoms with Crippen LogP contribution in [0.1, 0.15) is 6.92 Å². The Balaban J connectivity index is 2.12. The summed E-state index contributed by atoms with van der Waals surface area (Å²) in [7, 11) is 1.96. The van der Waals surface area contributed by atoms with E-state index < -0.39 is 0 Å². The van der Waals surface area contributed by atoms with E-state index in [1.54, 1.807) is 6.07 Å². The van der Waals surface area contributed by atoms with Crippen LogP contribution in [0.5, 0.6) is 0 Å². The van der Waals surface area contributed by atoms with E-state index in [1.165, 1.54) is 12.1 Å². The molecule has 0 aliphatic rings. The molecule has 0 bridgehead atoms. The van der Waals surface area contributed by atoms with E-state index in [0.717, 1.165) is 36.6 Å². The van der Waals surface area contributed by atoms with Crippen LogP contribution >= 0.6 is 0 Å². The molecule has 5 heteroatoms. The summed E-state index contributed by atoms with van der Waals surface area (Å²) in [6.07, 6.45) is 0. The Morgan fingerprint density at radius 1 is 1.47 bits per heavy atom. The third kappa shape index (κ3) is 2.74. The van der Waals surface area contributed by atoms with Crippen molar-refractivity contribution in [3.8, 4) is 0 Å². The van der Waals surface area contributed by atoms with Crippen LogP contribution in [0.15, 0.2) is 18.2 Å². The predicted molar refractivity (Wildman–Crippen MR) is 67.9 cm³/mol. The molecule has 0 saturated carbocycles. The van der Waals surface area contributed by atoms with E-state index in [0.29, 0.717) is 0 Å². The Kier molecular flexibility index (Phi) is 3.58. The van der Waals surface area contributed by atoms with Crippen molar-refractivity contribution in [3.05, 3.63) is 24.0 Å². The smallest absolute Gasteiger partial charge is 0.203 e. The fraction of sp³-hybridized carbons (Fsp3) is 0.417. The van der Waals surface area contributed by atoms with Gasteiger partial charge in [0, 0.05) is 20.1 Å². The summed E-state index contributed by atoms with van der Waals surface area (Å²) in [6.45, 7) is 4.79. The molecule has 4 nitrogen and oxygen atoms in total. The number of nitrogens with zero attached hydrogens (tertiary/aromatic N) is 2. The van der Waals surface area contributed by atoms with Crippen molar-refractivity contribution in [1.82, 2.24) is 15.3 Å². The first kappa shape index (κ1) is 11.9. The second-order valence-electron chi connectivity index (χ2n) is 4.00. The third-order valence-corrected chi connectivity index (χ3v) is 2.67. The number of aromatic amines is 1. The second kappa shape index (κ2) is 5.14. The van der Waals surface area contributed by atoms with Gasteiger partial charge in [0.05, 0.1) is 11.0 Å². The number of anilines is 1. The zero-order chi connectivity index (χ0) is 12.3. The van der Waals surface area contributed by atoms with Crippen LogP contribution in [0.3, 0.4) is 0 Å². The number of hydrogen-bond acceptors (Lipinski definition) is 3. The van der Waals surface area contributed by atoms with Crippen LogP contribution in [0, 0.1) is 5.82 Å². The maximum absolute atomic E-state index is 13.0. The normalized spacial score (nSPS) is 11.0. The number of nitrogens with one attached hydrogen (secondary N) is 2. The van der Waals surface area contributed by atoms with Crippen LogP contribution < -0.4 is 10.2 Å².